The van der Waals surface area contributed by atoms with Crippen molar-refractivity contribution in [3.63, 3.8) is 0 Å². The predicted molar refractivity (Wildman–Crippen MR) is 109 cm³/mol. The zero-order valence-corrected chi connectivity index (χ0v) is 19.4. The van der Waals surface area contributed by atoms with Gasteiger partial charge in [-0.1, -0.05) is 20.8 Å². The standard InChI is InChI=1S/C20H38N2O4Si/c1-19(2,3)25-18(24)21-13-11-15(22-12-9-10-17(22)23)16(14-21)26-27(7,8)20(4,5)6/h15-16H,9-14H2,1-8H3/t15-,16-/m0/s1. The van der Waals surface area contributed by atoms with E-state index in [9.17, 15) is 9.59 Å². The molecular formula is C20H38N2O4Si. The van der Waals surface area contributed by atoms with Crippen LogP contribution in [0, 0.1) is 0 Å². The largest absolute Gasteiger partial charge is 0.444 e. The van der Waals surface area contributed by atoms with Gasteiger partial charge in [0.25, 0.3) is 0 Å². The predicted octanol–water partition coefficient (Wildman–Crippen LogP) is 4.01. The summed E-state index contributed by atoms with van der Waals surface area (Å²) in [4.78, 5) is 28.7. The minimum atomic E-state index is -2.04. The number of carbonyl (C=O) groups excluding carboxylic acids is 2. The second-order valence-electron chi connectivity index (χ2n) is 10.4. The molecule has 0 aromatic carbocycles. The fraction of sp³-hybridized carbons (Fsp3) is 0.900. The van der Waals surface area contributed by atoms with Crippen molar-refractivity contribution < 1.29 is 18.8 Å². The molecule has 2 aliphatic heterocycles. The van der Waals surface area contributed by atoms with Crippen molar-refractivity contribution in [2.75, 3.05) is 19.6 Å². The molecule has 0 spiro atoms. The lowest BCUT2D eigenvalue weighted by Gasteiger charge is -2.47. The average molecular weight is 399 g/mol. The van der Waals surface area contributed by atoms with E-state index in [2.05, 4.69) is 33.9 Å². The first kappa shape index (κ1) is 22.2. The molecule has 2 atom stereocenters. The minimum absolute atomic E-state index is 0.0489. The number of carbonyl (C=O) groups is 2. The normalized spacial score (nSPS) is 25.1. The molecule has 2 fully saturated rings. The van der Waals surface area contributed by atoms with Crippen LogP contribution in [0.1, 0.15) is 60.8 Å². The number of hydrogen-bond acceptors (Lipinski definition) is 4. The maximum absolute atomic E-state index is 12.6. The molecule has 2 amide bonds. The molecule has 2 rings (SSSR count). The Hall–Kier alpha value is -1.08. The van der Waals surface area contributed by atoms with Gasteiger partial charge in [-0.15, -0.1) is 0 Å². The third kappa shape index (κ3) is 5.47. The summed E-state index contributed by atoms with van der Waals surface area (Å²) in [6.07, 6.45) is 1.83. The smallest absolute Gasteiger partial charge is 0.410 e. The lowest BCUT2D eigenvalue weighted by atomic mass is 10.0. The van der Waals surface area contributed by atoms with Gasteiger partial charge in [0, 0.05) is 19.5 Å². The summed E-state index contributed by atoms with van der Waals surface area (Å²) in [6, 6.07) is 0.0489. The second kappa shape index (κ2) is 7.74. The number of piperidine rings is 1. The van der Waals surface area contributed by atoms with E-state index in [4.69, 9.17) is 9.16 Å². The molecule has 0 aromatic heterocycles. The highest BCUT2D eigenvalue weighted by Gasteiger charge is 2.45. The first-order valence-corrected chi connectivity index (χ1v) is 13.1. The van der Waals surface area contributed by atoms with Crippen LogP contribution in [0.4, 0.5) is 4.79 Å². The highest BCUT2D eigenvalue weighted by molar-refractivity contribution is 6.74. The van der Waals surface area contributed by atoms with Crippen molar-refractivity contribution >= 4 is 20.3 Å². The van der Waals surface area contributed by atoms with Crippen molar-refractivity contribution in [1.29, 1.82) is 0 Å². The summed E-state index contributed by atoms with van der Waals surface area (Å²) in [6.45, 7) is 18.6. The van der Waals surface area contributed by atoms with Crippen LogP contribution in [0.5, 0.6) is 0 Å². The molecule has 0 aromatic rings. The summed E-state index contributed by atoms with van der Waals surface area (Å²) in [5.74, 6) is 0.217. The van der Waals surface area contributed by atoms with E-state index >= 15 is 0 Å². The number of nitrogens with zero attached hydrogens (tertiary/aromatic N) is 2. The zero-order valence-electron chi connectivity index (χ0n) is 18.4. The Balaban J connectivity index is 2.19. The quantitative estimate of drug-likeness (QED) is 0.674. The van der Waals surface area contributed by atoms with E-state index in [1.54, 1.807) is 4.90 Å². The average Bonchev–Trinajstić information content (AvgIpc) is 2.90. The van der Waals surface area contributed by atoms with Crippen LogP contribution in [0.15, 0.2) is 0 Å². The van der Waals surface area contributed by atoms with Gasteiger partial charge >= 0.3 is 6.09 Å². The van der Waals surface area contributed by atoms with Gasteiger partial charge in [0.05, 0.1) is 18.7 Å². The molecule has 0 saturated carbocycles. The summed E-state index contributed by atoms with van der Waals surface area (Å²) in [5.41, 5.74) is -0.519. The third-order valence-corrected chi connectivity index (χ3v) is 10.4. The van der Waals surface area contributed by atoms with Crippen LogP contribution in [0.25, 0.3) is 0 Å². The lowest BCUT2D eigenvalue weighted by molar-refractivity contribution is -0.133. The van der Waals surface area contributed by atoms with Gasteiger partial charge in [-0.05, 0) is 51.7 Å². The molecule has 27 heavy (non-hydrogen) atoms. The monoisotopic (exact) mass is 398 g/mol. The van der Waals surface area contributed by atoms with Crippen molar-refractivity contribution in [2.24, 2.45) is 0 Å². The molecule has 7 heteroatoms. The Labute approximate surface area is 165 Å². The fourth-order valence-corrected chi connectivity index (χ4v) is 4.79. The molecule has 2 aliphatic rings. The minimum Gasteiger partial charge on any atom is -0.444 e. The Morgan fingerprint density at radius 3 is 2.22 bits per heavy atom. The highest BCUT2D eigenvalue weighted by Crippen LogP contribution is 2.39. The highest BCUT2D eigenvalue weighted by atomic mass is 28.4. The molecular weight excluding hydrogens is 360 g/mol. The van der Waals surface area contributed by atoms with Crippen molar-refractivity contribution in [3.05, 3.63) is 0 Å². The van der Waals surface area contributed by atoms with E-state index in [-0.39, 0.29) is 29.2 Å². The maximum Gasteiger partial charge on any atom is 0.410 e. The van der Waals surface area contributed by atoms with Gasteiger partial charge in [-0.2, -0.15) is 0 Å². The number of amides is 2. The summed E-state index contributed by atoms with van der Waals surface area (Å²) in [5, 5.41) is 0.0702. The second-order valence-corrected chi connectivity index (χ2v) is 15.1. The molecule has 156 valence electrons. The van der Waals surface area contributed by atoms with Gasteiger partial charge in [-0.25, -0.2) is 4.79 Å². The third-order valence-electron chi connectivity index (χ3n) is 5.94. The van der Waals surface area contributed by atoms with Crippen LogP contribution in [-0.4, -0.2) is 67.5 Å². The molecule has 0 radical (unpaired) electrons. The fourth-order valence-electron chi connectivity index (χ4n) is 3.44. The Bertz CT molecular complexity index is 565. The first-order chi connectivity index (χ1) is 12.2. The molecule has 0 N–H and O–H groups in total. The topological polar surface area (TPSA) is 59.1 Å². The van der Waals surface area contributed by atoms with Crippen molar-refractivity contribution in [3.8, 4) is 0 Å². The van der Waals surface area contributed by atoms with Crippen LogP contribution in [-0.2, 0) is 14.0 Å². The van der Waals surface area contributed by atoms with Gasteiger partial charge in [0.1, 0.15) is 5.60 Å². The van der Waals surface area contributed by atoms with Crippen LogP contribution < -0.4 is 0 Å². The Kier molecular flexibility index (Phi) is 6.37. The van der Waals surface area contributed by atoms with E-state index in [1.807, 2.05) is 25.7 Å². The van der Waals surface area contributed by atoms with Crippen LogP contribution in [0.3, 0.4) is 0 Å². The lowest BCUT2D eigenvalue weighted by Crippen LogP contribution is -2.60. The number of likely N-dealkylation sites (tertiary alicyclic amines) is 2. The summed E-state index contributed by atoms with van der Waals surface area (Å²) in [7, 11) is -2.04. The zero-order chi connectivity index (χ0) is 20.6. The van der Waals surface area contributed by atoms with Crippen LogP contribution in [0.2, 0.25) is 18.1 Å². The van der Waals surface area contributed by atoms with E-state index < -0.39 is 13.9 Å². The van der Waals surface area contributed by atoms with E-state index in [0.29, 0.717) is 19.5 Å². The molecule has 2 saturated heterocycles. The number of ether oxygens (including phenoxy) is 1. The molecule has 0 unspecified atom stereocenters. The van der Waals surface area contributed by atoms with E-state index in [1.165, 1.54) is 0 Å². The summed E-state index contributed by atoms with van der Waals surface area (Å²) < 4.78 is 12.3. The number of hydrogen-bond donors (Lipinski definition) is 0. The van der Waals surface area contributed by atoms with Crippen LogP contribution >= 0.6 is 0 Å². The van der Waals surface area contributed by atoms with E-state index in [0.717, 1.165) is 19.4 Å². The SMILES string of the molecule is CC(C)(C)OC(=O)N1CC[C@H](N2CCCC2=O)[C@@H](O[Si](C)(C)C(C)(C)C)C1. The first-order valence-electron chi connectivity index (χ1n) is 10.2. The van der Waals surface area contributed by atoms with Crippen molar-refractivity contribution in [2.45, 2.75) is 96.7 Å². The Morgan fingerprint density at radius 1 is 1.11 bits per heavy atom. The van der Waals surface area contributed by atoms with Gasteiger partial charge in [-0.3, -0.25) is 4.79 Å². The summed E-state index contributed by atoms with van der Waals surface area (Å²) >= 11 is 0. The number of rotatable bonds is 3. The molecule has 6 nitrogen and oxygen atoms in total. The molecule has 0 aliphatic carbocycles. The van der Waals surface area contributed by atoms with Gasteiger partial charge < -0.3 is 19.0 Å². The maximum atomic E-state index is 12.6. The van der Waals surface area contributed by atoms with Gasteiger partial charge in [0.15, 0.2) is 8.32 Å². The molecule has 0 bridgehead atoms. The Morgan fingerprint density at radius 2 is 1.74 bits per heavy atom. The van der Waals surface area contributed by atoms with Crippen molar-refractivity contribution in [1.82, 2.24) is 9.80 Å². The molecule has 2 heterocycles. The van der Waals surface area contributed by atoms with Gasteiger partial charge in [0.2, 0.25) is 5.91 Å².